The molecule has 0 bridgehead atoms. The predicted octanol–water partition coefficient (Wildman–Crippen LogP) is 7.19. The molecule has 0 unspecified atom stereocenters. The summed E-state index contributed by atoms with van der Waals surface area (Å²) >= 11 is 19.6. The van der Waals surface area contributed by atoms with Crippen LogP contribution in [0.2, 0.25) is 15.1 Å². The minimum Gasteiger partial charge on any atom is -0.436 e. The van der Waals surface area contributed by atoms with Crippen molar-refractivity contribution in [3.63, 3.8) is 0 Å². The van der Waals surface area contributed by atoms with Crippen LogP contribution in [-0.2, 0) is 4.79 Å². The molecule has 1 heterocycles. The van der Waals surface area contributed by atoms with E-state index >= 15 is 0 Å². The van der Waals surface area contributed by atoms with Gasteiger partial charge in [0.1, 0.15) is 5.52 Å². The van der Waals surface area contributed by atoms with Gasteiger partial charge in [-0.2, -0.15) is 0 Å². The zero-order valence-corrected chi connectivity index (χ0v) is 17.9. The highest BCUT2D eigenvalue weighted by atomic mass is 35.5. The Hall–Kier alpha value is -2.18. The van der Waals surface area contributed by atoms with Crippen molar-refractivity contribution in [2.24, 2.45) is 0 Å². The number of thioether (sulfide) groups is 1. The molecule has 0 atom stereocenters. The van der Waals surface area contributed by atoms with Crippen molar-refractivity contribution in [2.45, 2.75) is 4.90 Å². The van der Waals surface area contributed by atoms with Crippen LogP contribution in [0.25, 0.3) is 22.6 Å². The van der Waals surface area contributed by atoms with Gasteiger partial charge in [0.05, 0.1) is 21.4 Å². The maximum Gasteiger partial charge on any atom is 0.234 e. The van der Waals surface area contributed by atoms with Gasteiger partial charge in [0.25, 0.3) is 0 Å². The average Bonchev–Trinajstić information content (AvgIpc) is 3.13. The highest BCUT2D eigenvalue weighted by molar-refractivity contribution is 8.00. The predicted molar refractivity (Wildman–Crippen MR) is 120 cm³/mol. The number of benzene rings is 3. The van der Waals surface area contributed by atoms with E-state index in [2.05, 4.69) is 10.3 Å². The van der Waals surface area contributed by atoms with Crippen molar-refractivity contribution in [1.82, 2.24) is 4.98 Å². The quantitative estimate of drug-likeness (QED) is 0.318. The third kappa shape index (κ3) is 4.70. The van der Waals surface area contributed by atoms with Crippen LogP contribution in [-0.4, -0.2) is 16.6 Å². The first-order valence-corrected chi connectivity index (χ1v) is 10.6. The third-order valence-corrected chi connectivity index (χ3v) is 6.12. The lowest BCUT2D eigenvalue weighted by Gasteiger charge is -2.05. The fraction of sp³-hybridized carbons (Fsp3) is 0.0476. The lowest BCUT2D eigenvalue weighted by Crippen LogP contribution is -2.13. The molecule has 29 heavy (non-hydrogen) atoms. The molecule has 0 spiro atoms. The number of nitrogens with zero attached hydrogens (tertiary/aromatic N) is 1. The van der Waals surface area contributed by atoms with E-state index in [1.165, 1.54) is 11.8 Å². The number of fused-ring (bicyclic) bond motifs is 1. The summed E-state index contributed by atoms with van der Waals surface area (Å²) in [5, 5.41) is 4.35. The lowest BCUT2D eigenvalue weighted by atomic mass is 10.2. The van der Waals surface area contributed by atoms with Gasteiger partial charge in [-0.3, -0.25) is 4.79 Å². The monoisotopic (exact) mass is 462 g/mol. The largest absolute Gasteiger partial charge is 0.436 e. The molecule has 3 aromatic carbocycles. The van der Waals surface area contributed by atoms with E-state index in [4.69, 9.17) is 39.2 Å². The Balaban J connectivity index is 1.48. The van der Waals surface area contributed by atoms with Crippen LogP contribution in [0.5, 0.6) is 0 Å². The minimum absolute atomic E-state index is 0.120. The number of oxazole rings is 1. The summed E-state index contributed by atoms with van der Waals surface area (Å²) in [5.41, 5.74) is 2.44. The van der Waals surface area contributed by atoms with Crippen molar-refractivity contribution < 1.29 is 9.21 Å². The second-order valence-corrected chi connectivity index (χ2v) is 8.36. The van der Waals surface area contributed by atoms with Crippen LogP contribution in [0.15, 0.2) is 70.0 Å². The van der Waals surface area contributed by atoms with Crippen LogP contribution in [0.1, 0.15) is 0 Å². The fourth-order valence-electron chi connectivity index (χ4n) is 2.67. The van der Waals surface area contributed by atoms with Crippen molar-refractivity contribution in [3.05, 3.63) is 75.7 Å². The molecule has 0 fully saturated rings. The first kappa shape index (κ1) is 20.1. The maximum atomic E-state index is 12.3. The molecule has 1 amide bonds. The standard InChI is InChI=1S/C21H13Cl3N2O2S/c22-12-4-7-14(8-5-12)29-11-19(27)25-13-6-9-18-17(10-13)26-21(28-18)15-2-1-3-16(23)20(15)24/h1-10H,11H2,(H,25,27). The van der Waals surface area contributed by atoms with E-state index in [0.717, 1.165) is 4.90 Å². The number of amides is 1. The SMILES string of the molecule is O=C(CSc1ccc(Cl)cc1)Nc1ccc2oc(-c3cccc(Cl)c3Cl)nc2c1. The molecule has 4 nitrogen and oxygen atoms in total. The van der Waals surface area contributed by atoms with E-state index < -0.39 is 0 Å². The number of anilines is 1. The number of halogens is 3. The summed E-state index contributed by atoms with van der Waals surface area (Å²) in [6.45, 7) is 0. The van der Waals surface area contributed by atoms with Crippen LogP contribution in [0.4, 0.5) is 5.69 Å². The summed E-state index contributed by atoms with van der Waals surface area (Å²) < 4.78 is 5.78. The molecule has 0 aliphatic carbocycles. The molecule has 1 aromatic heterocycles. The molecule has 1 N–H and O–H groups in total. The van der Waals surface area contributed by atoms with Crippen molar-refractivity contribution in [1.29, 1.82) is 0 Å². The number of rotatable bonds is 5. The smallest absolute Gasteiger partial charge is 0.234 e. The molecule has 0 radical (unpaired) electrons. The van der Waals surface area contributed by atoms with E-state index in [1.54, 1.807) is 48.5 Å². The molecule has 0 aliphatic rings. The van der Waals surface area contributed by atoms with E-state index in [0.29, 0.717) is 43.3 Å². The van der Waals surface area contributed by atoms with Gasteiger partial charge in [-0.1, -0.05) is 40.9 Å². The molecule has 146 valence electrons. The van der Waals surface area contributed by atoms with Crippen molar-refractivity contribution in [2.75, 3.05) is 11.1 Å². The Morgan fingerprint density at radius 2 is 1.83 bits per heavy atom. The number of hydrogen-bond acceptors (Lipinski definition) is 4. The van der Waals surface area contributed by atoms with Gasteiger partial charge in [0.2, 0.25) is 11.8 Å². The van der Waals surface area contributed by atoms with Gasteiger partial charge >= 0.3 is 0 Å². The second kappa shape index (κ2) is 8.67. The highest BCUT2D eigenvalue weighted by Crippen LogP contribution is 2.35. The fourth-order valence-corrected chi connectivity index (χ4v) is 3.87. The molecule has 0 saturated carbocycles. The summed E-state index contributed by atoms with van der Waals surface area (Å²) in [4.78, 5) is 17.7. The number of aromatic nitrogens is 1. The maximum absolute atomic E-state index is 12.3. The van der Waals surface area contributed by atoms with Gasteiger partial charge in [-0.15, -0.1) is 11.8 Å². The van der Waals surface area contributed by atoms with E-state index in [9.17, 15) is 4.79 Å². The minimum atomic E-state index is -0.120. The lowest BCUT2D eigenvalue weighted by molar-refractivity contribution is -0.113. The van der Waals surface area contributed by atoms with Gasteiger partial charge in [-0.05, 0) is 54.6 Å². The third-order valence-electron chi connectivity index (χ3n) is 4.04. The number of nitrogens with one attached hydrogen (secondary N) is 1. The highest BCUT2D eigenvalue weighted by Gasteiger charge is 2.14. The molecular formula is C21H13Cl3N2O2S. The topological polar surface area (TPSA) is 55.1 Å². The second-order valence-electron chi connectivity index (χ2n) is 6.09. The Morgan fingerprint density at radius 3 is 2.62 bits per heavy atom. The summed E-state index contributed by atoms with van der Waals surface area (Å²) in [5.74, 6) is 0.530. The Kier molecular flexibility index (Phi) is 6.01. The first-order valence-electron chi connectivity index (χ1n) is 8.53. The van der Waals surface area contributed by atoms with Crippen LogP contribution >= 0.6 is 46.6 Å². The zero-order chi connectivity index (χ0) is 20.4. The van der Waals surface area contributed by atoms with Gasteiger partial charge in [-0.25, -0.2) is 4.98 Å². The Labute approximate surface area is 186 Å². The average molecular weight is 464 g/mol. The summed E-state index contributed by atoms with van der Waals surface area (Å²) in [6.07, 6.45) is 0. The summed E-state index contributed by atoms with van der Waals surface area (Å²) in [7, 11) is 0. The molecular weight excluding hydrogens is 451 g/mol. The molecule has 8 heteroatoms. The number of carbonyl (C=O) groups excluding carboxylic acids is 1. The van der Waals surface area contributed by atoms with E-state index in [1.807, 2.05) is 12.1 Å². The number of carbonyl (C=O) groups is 1. The van der Waals surface area contributed by atoms with Crippen molar-refractivity contribution in [3.8, 4) is 11.5 Å². The van der Waals surface area contributed by atoms with Gasteiger partial charge < -0.3 is 9.73 Å². The normalized spacial score (nSPS) is 11.0. The van der Waals surface area contributed by atoms with Crippen LogP contribution in [0.3, 0.4) is 0 Å². The van der Waals surface area contributed by atoms with E-state index in [-0.39, 0.29) is 11.7 Å². The zero-order valence-electron chi connectivity index (χ0n) is 14.8. The summed E-state index contributed by atoms with van der Waals surface area (Å²) in [6, 6.07) is 17.9. The Bertz CT molecular complexity index is 1190. The van der Waals surface area contributed by atoms with Crippen LogP contribution < -0.4 is 5.32 Å². The molecule has 0 saturated heterocycles. The molecule has 0 aliphatic heterocycles. The van der Waals surface area contributed by atoms with Gasteiger partial charge in [0, 0.05) is 15.6 Å². The first-order chi connectivity index (χ1) is 14.0. The van der Waals surface area contributed by atoms with Gasteiger partial charge in [0.15, 0.2) is 5.58 Å². The molecule has 4 rings (SSSR count). The van der Waals surface area contributed by atoms with Crippen molar-refractivity contribution >= 4 is 69.3 Å². The molecule has 4 aromatic rings. The Morgan fingerprint density at radius 1 is 1.03 bits per heavy atom. The van der Waals surface area contributed by atoms with Crippen LogP contribution in [0, 0.1) is 0 Å². The number of hydrogen-bond donors (Lipinski definition) is 1.